The minimum Gasteiger partial charge on any atom is -0.393 e. The van der Waals surface area contributed by atoms with Crippen LogP contribution in [0.3, 0.4) is 0 Å². The van der Waals surface area contributed by atoms with E-state index in [-0.39, 0.29) is 11.5 Å². The lowest BCUT2D eigenvalue weighted by Gasteiger charge is -2.26. The molecule has 0 aromatic carbocycles. The number of aliphatic hydroxyl groups excluding tert-OH is 1. The van der Waals surface area contributed by atoms with Gasteiger partial charge >= 0.3 is 0 Å². The molecule has 1 N–H and O–H groups in total. The molecule has 1 heteroatoms. The average Bonchev–Trinajstić information content (AvgIpc) is 1.86. The normalized spacial score (nSPS) is 20.4. The van der Waals surface area contributed by atoms with Crippen LogP contribution < -0.4 is 0 Å². The van der Waals surface area contributed by atoms with Gasteiger partial charge in [-0.15, -0.1) is 6.58 Å². The quantitative estimate of drug-likeness (QED) is 0.576. The summed E-state index contributed by atoms with van der Waals surface area (Å²) in [6, 6.07) is 0. The molecule has 0 aromatic rings. The number of aliphatic hydroxyl groups is 1. The molecule has 0 amide bonds. The lowest BCUT2D eigenvalue weighted by molar-refractivity contribution is 0.0846. The minimum absolute atomic E-state index is 0.0972. The Balaban J connectivity index is 4.08. The van der Waals surface area contributed by atoms with E-state index in [1.54, 1.807) is 6.92 Å². The van der Waals surface area contributed by atoms with Crippen LogP contribution in [0.2, 0.25) is 0 Å². The van der Waals surface area contributed by atoms with Crippen molar-refractivity contribution in [2.24, 2.45) is 5.41 Å². The van der Waals surface area contributed by atoms with Crippen molar-refractivity contribution in [1.29, 1.82) is 0 Å². The highest BCUT2D eigenvalue weighted by Gasteiger charge is 2.23. The van der Waals surface area contributed by atoms with Gasteiger partial charge in [0, 0.05) is 5.41 Å². The van der Waals surface area contributed by atoms with Gasteiger partial charge in [-0.3, -0.25) is 0 Å². The smallest absolute Gasteiger partial charge is 0.0599 e. The van der Waals surface area contributed by atoms with Crippen LogP contribution in [0.15, 0.2) is 12.7 Å². The second kappa shape index (κ2) is 3.02. The predicted molar refractivity (Wildman–Crippen MR) is 40.3 cm³/mol. The first-order chi connectivity index (χ1) is 4.06. The van der Waals surface area contributed by atoms with Gasteiger partial charge in [-0.25, -0.2) is 0 Å². The van der Waals surface area contributed by atoms with Gasteiger partial charge in [0.15, 0.2) is 0 Å². The molecule has 0 aliphatic heterocycles. The first-order valence-corrected chi connectivity index (χ1v) is 3.38. The Morgan fingerprint density at radius 3 is 2.22 bits per heavy atom. The Hall–Kier alpha value is -0.300. The lowest BCUT2D eigenvalue weighted by Crippen LogP contribution is -2.26. The summed E-state index contributed by atoms with van der Waals surface area (Å²) in [5.41, 5.74) is -0.0972. The molecule has 2 unspecified atom stereocenters. The molecule has 0 spiro atoms. The van der Waals surface area contributed by atoms with Gasteiger partial charge in [0.05, 0.1) is 6.10 Å². The fraction of sp³-hybridized carbons (Fsp3) is 0.750. The number of rotatable bonds is 3. The zero-order chi connectivity index (χ0) is 7.49. The van der Waals surface area contributed by atoms with Gasteiger partial charge < -0.3 is 5.11 Å². The molecule has 0 saturated heterocycles. The Morgan fingerprint density at radius 1 is 1.78 bits per heavy atom. The highest BCUT2D eigenvalue weighted by Crippen LogP contribution is 2.26. The second-order valence-corrected chi connectivity index (χ2v) is 2.74. The maximum absolute atomic E-state index is 9.20. The van der Waals surface area contributed by atoms with Crippen LogP contribution in [0.4, 0.5) is 0 Å². The Morgan fingerprint density at radius 2 is 2.22 bits per heavy atom. The van der Waals surface area contributed by atoms with Gasteiger partial charge in [-0.1, -0.05) is 19.9 Å². The first kappa shape index (κ1) is 8.70. The largest absolute Gasteiger partial charge is 0.393 e. The van der Waals surface area contributed by atoms with Gasteiger partial charge in [-0.2, -0.15) is 0 Å². The third-order valence-corrected chi connectivity index (χ3v) is 2.18. The zero-order valence-corrected chi connectivity index (χ0v) is 6.52. The fourth-order valence-corrected chi connectivity index (χ4v) is 0.610. The van der Waals surface area contributed by atoms with Crippen molar-refractivity contribution in [3.63, 3.8) is 0 Å². The van der Waals surface area contributed by atoms with E-state index in [0.717, 1.165) is 6.42 Å². The average molecular weight is 128 g/mol. The van der Waals surface area contributed by atoms with Crippen LogP contribution in [-0.2, 0) is 0 Å². The Labute approximate surface area is 57.4 Å². The SMILES string of the molecule is C=CC(C)(CC)C(C)O. The van der Waals surface area contributed by atoms with Crippen molar-refractivity contribution in [2.75, 3.05) is 0 Å². The molecule has 0 aliphatic rings. The summed E-state index contributed by atoms with van der Waals surface area (Å²) in [4.78, 5) is 0. The molecule has 0 aliphatic carbocycles. The standard InChI is InChI=1S/C8H16O/c1-5-8(4,6-2)7(3)9/h5,7,9H,1,6H2,2-4H3. The van der Waals surface area contributed by atoms with Gasteiger partial charge in [0.1, 0.15) is 0 Å². The van der Waals surface area contributed by atoms with E-state index in [9.17, 15) is 5.11 Å². The van der Waals surface area contributed by atoms with Crippen LogP contribution in [0.1, 0.15) is 27.2 Å². The maximum Gasteiger partial charge on any atom is 0.0599 e. The van der Waals surface area contributed by atoms with E-state index in [2.05, 4.69) is 13.5 Å². The van der Waals surface area contributed by atoms with Gasteiger partial charge in [0.2, 0.25) is 0 Å². The summed E-state index contributed by atoms with van der Waals surface area (Å²) in [6.45, 7) is 9.52. The van der Waals surface area contributed by atoms with Crippen molar-refractivity contribution in [2.45, 2.75) is 33.3 Å². The van der Waals surface area contributed by atoms with Crippen LogP contribution in [0.5, 0.6) is 0 Å². The lowest BCUT2D eigenvalue weighted by atomic mass is 9.83. The minimum atomic E-state index is -0.292. The first-order valence-electron chi connectivity index (χ1n) is 3.38. The summed E-state index contributed by atoms with van der Waals surface area (Å²) in [5.74, 6) is 0. The van der Waals surface area contributed by atoms with Crippen molar-refractivity contribution >= 4 is 0 Å². The molecule has 1 nitrogen and oxygen atoms in total. The molecule has 54 valence electrons. The van der Waals surface area contributed by atoms with E-state index in [4.69, 9.17) is 0 Å². The summed E-state index contributed by atoms with van der Waals surface area (Å²) in [5, 5.41) is 9.20. The summed E-state index contributed by atoms with van der Waals surface area (Å²) < 4.78 is 0. The van der Waals surface area contributed by atoms with Crippen molar-refractivity contribution in [3.8, 4) is 0 Å². The molecule has 2 atom stereocenters. The van der Waals surface area contributed by atoms with E-state index in [1.165, 1.54) is 0 Å². The van der Waals surface area contributed by atoms with Crippen LogP contribution in [0, 0.1) is 5.41 Å². The van der Waals surface area contributed by atoms with Gasteiger partial charge in [0.25, 0.3) is 0 Å². The molecular formula is C8H16O. The van der Waals surface area contributed by atoms with E-state index in [1.807, 2.05) is 13.0 Å². The summed E-state index contributed by atoms with van der Waals surface area (Å²) in [7, 11) is 0. The third-order valence-electron chi connectivity index (χ3n) is 2.18. The monoisotopic (exact) mass is 128 g/mol. The summed E-state index contributed by atoms with van der Waals surface area (Å²) in [6.07, 6.45) is 2.46. The summed E-state index contributed by atoms with van der Waals surface area (Å²) >= 11 is 0. The van der Waals surface area contributed by atoms with E-state index in [0.29, 0.717) is 0 Å². The predicted octanol–water partition coefficient (Wildman–Crippen LogP) is 1.97. The third kappa shape index (κ3) is 1.83. The number of hydrogen-bond acceptors (Lipinski definition) is 1. The van der Waals surface area contributed by atoms with Gasteiger partial charge in [-0.05, 0) is 13.3 Å². The second-order valence-electron chi connectivity index (χ2n) is 2.74. The molecule has 0 fully saturated rings. The molecule has 0 bridgehead atoms. The van der Waals surface area contributed by atoms with Crippen molar-refractivity contribution in [3.05, 3.63) is 12.7 Å². The Kier molecular flexibility index (Phi) is 2.92. The van der Waals surface area contributed by atoms with Crippen LogP contribution in [0.25, 0.3) is 0 Å². The highest BCUT2D eigenvalue weighted by molar-refractivity contribution is 4.93. The van der Waals surface area contributed by atoms with E-state index >= 15 is 0 Å². The van der Waals surface area contributed by atoms with Crippen molar-refractivity contribution < 1.29 is 5.11 Å². The molecular weight excluding hydrogens is 112 g/mol. The maximum atomic E-state index is 9.20. The van der Waals surface area contributed by atoms with Crippen LogP contribution in [-0.4, -0.2) is 11.2 Å². The zero-order valence-electron chi connectivity index (χ0n) is 6.52. The number of hydrogen-bond donors (Lipinski definition) is 1. The van der Waals surface area contributed by atoms with Crippen molar-refractivity contribution in [1.82, 2.24) is 0 Å². The topological polar surface area (TPSA) is 20.2 Å². The Bertz CT molecular complexity index is 96.7. The molecule has 0 aromatic heterocycles. The van der Waals surface area contributed by atoms with E-state index < -0.39 is 0 Å². The molecule has 0 heterocycles. The van der Waals surface area contributed by atoms with Crippen LogP contribution >= 0.6 is 0 Å². The molecule has 0 saturated carbocycles. The molecule has 0 rings (SSSR count). The fourth-order valence-electron chi connectivity index (χ4n) is 0.610. The molecule has 9 heavy (non-hydrogen) atoms. The molecule has 0 radical (unpaired) electrons. The highest BCUT2D eigenvalue weighted by atomic mass is 16.3.